The minimum atomic E-state index is -1.29. The topological polar surface area (TPSA) is 520 Å². The summed E-state index contributed by atoms with van der Waals surface area (Å²) in [5.74, 6) is -11.4. The minimum absolute atomic E-state index is 0.0212. The zero-order valence-electron chi connectivity index (χ0n) is 71.4. The van der Waals surface area contributed by atoms with Gasteiger partial charge in [-0.2, -0.15) is 0 Å². The molecular formula is C80H151N17O15. The molecule has 0 aromatic carbocycles. The molecule has 0 saturated heterocycles. The zero-order valence-corrected chi connectivity index (χ0v) is 71.4. The van der Waals surface area contributed by atoms with Gasteiger partial charge in [-0.05, 0) is 214 Å². The van der Waals surface area contributed by atoms with Crippen molar-refractivity contribution in [3.8, 4) is 0 Å². The van der Waals surface area contributed by atoms with E-state index >= 15 is 0 Å². The number of carboxylic acid groups (broad SMARTS) is 1. The molecule has 13 amide bonds. The molecule has 32 heteroatoms. The van der Waals surface area contributed by atoms with Gasteiger partial charge in [0.1, 0.15) is 78.5 Å². The lowest BCUT2D eigenvalue weighted by Gasteiger charge is -2.30. The highest BCUT2D eigenvalue weighted by molar-refractivity contribution is 6.00. The summed E-state index contributed by atoms with van der Waals surface area (Å²) in [5.41, 5.74) is 23.4. The number of rotatable bonds is 60. The quantitative estimate of drug-likeness (QED) is 0.0388. The summed E-state index contributed by atoms with van der Waals surface area (Å²) >= 11 is 0. The van der Waals surface area contributed by atoms with Gasteiger partial charge in [0.25, 0.3) is 0 Å². The maximum absolute atomic E-state index is 14.8. The molecular weight excluding hydrogens is 1440 g/mol. The fourth-order valence-electron chi connectivity index (χ4n) is 12.9. The van der Waals surface area contributed by atoms with Gasteiger partial charge in [-0.15, -0.1) is 0 Å². The van der Waals surface area contributed by atoms with Gasteiger partial charge in [0.15, 0.2) is 0 Å². The van der Waals surface area contributed by atoms with Gasteiger partial charge in [0.2, 0.25) is 76.8 Å². The van der Waals surface area contributed by atoms with Crippen LogP contribution in [0, 0.1) is 53.3 Å². The number of carbonyl (C=O) groups excluding carboxylic acids is 13. The molecule has 0 spiro atoms. The summed E-state index contributed by atoms with van der Waals surface area (Å²) in [5, 5.41) is 46.2. The molecule has 0 aliphatic heterocycles. The van der Waals surface area contributed by atoms with E-state index < -0.39 is 161 Å². The minimum Gasteiger partial charge on any atom is -0.480 e. The molecule has 0 aliphatic rings. The Morgan fingerprint density at radius 1 is 0.205 bits per heavy atom. The number of amides is 13. The van der Waals surface area contributed by atoms with Crippen LogP contribution in [-0.4, -0.2) is 193 Å². The number of nitrogens with two attached hydrogens (primary N) is 4. The van der Waals surface area contributed by atoms with Crippen LogP contribution >= 0.6 is 0 Å². The number of aliphatic carboxylic acids is 1. The van der Waals surface area contributed by atoms with Crippen LogP contribution in [0.15, 0.2) is 0 Å². The van der Waals surface area contributed by atoms with E-state index in [1.54, 1.807) is 0 Å². The summed E-state index contributed by atoms with van der Waals surface area (Å²) in [7, 11) is 0. The van der Waals surface area contributed by atoms with Gasteiger partial charge >= 0.3 is 5.97 Å². The van der Waals surface area contributed by atoms with Crippen molar-refractivity contribution in [2.45, 2.75) is 345 Å². The first-order chi connectivity index (χ1) is 52.4. The SMILES string of the molecule is CC(=O)N[C@@H](CC(C)C)C(=O)N[C@@H](CC(C)C)C(=O)N[C@@H](CCCCN)C(=O)N[C@@H](CC(C)C)C(=O)N[C@@H](CC(C)C)C(=O)N[C@@H](CCCCN)C(=O)N[C@@H](CC(C)C)C(=O)N[C@@H](CC(C)C)C(=O)N[C@@H](CCCCN)C(=O)N[C@@H](CC(C)C)C(=O)N[C@@H](CC(C)C)C(=O)N[C@@H](CCCCN)C(=O)N[C@@H](CC(C)C)C(=O)O. The van der Waals surface area contributed by atoms with E-state index in [9.17, 15) is 72.2 Å². The fourth-order valence-corrected chi connectivity index (χ4v) is 12.9. The molecule has 0 aromatic heterocycles. The van der Waals surface area contributed by atoms with Crippen LogP contribution in [0.1, 0.15) is 266 Å². The van der Waals surface area contributed by atoms with Crippen LogP contribution in [0.5, 0.6) is 0 Å². The highest BCUT2D eigenvalue weighted by atomic mass is 16.4. The summed E-state index contributed by atoms with van der Waals surface area (Å²) in [6.45, 7) is 35.6. The second kappa shape index (κ2) is 56.6. The van der Waals surface area contributed by atoms with E-state index in [1.807, 2.05) is 125 Å². The van der Waals surface area contributed by atoms with E-state index in [0.717, 1.165) is 0 Å². The lowest BCUT2D eigenvalue weighted by atomic mass is 9.98. The van der Waals surface area contributed by atoms with Crippen molar-refractivity contribution < 1.29 is 72.2 Å². The van der Waals surface area contributed by atoms with Gasteiger partial charge in [-0.25, -0.2) is 4.79 Å². The van der Waals surface area contributed by atoms with Crippen molar-refractivity contribution in [2.75, 3.05) is 26.2 Å². The Morgan fingerprint density at radius 2 is 0.330 bits per heavy atom. The summed E-state index contributed by atoms with van der Waals surface area (Å²) in [6, 6.07) is -15.7. The van der Waals surface area contributed by atoms with Crippen LogP contribution in [0.25, 0.3) is 0 Å². The number of hydrogen-bond acceptors (Lipinski definition) is 18. The second-order valence-electron chi connectivity index (χ2n) is 34.1. The van der Waals surface area contributed by atoms with E-state index in [-0.39, 0.29) is 143 Å². The van der Waals surface area contributed by atoms with E-state index in [0.29, 0.717) is 70.9 Å². The maximum atomic E-state index is 14.8. The Bertz CT molecular complexity index is 2900. The fraction of sp³-hybridized carbons (Fsp3) is 0.825. The Balaban J connectivity index is 7.29. The van der Waals surface area contributed by atoms with E-state index in [2.05, 4.69) is 69.1 Å². The van der Waals surface area contributed by atoms with Crippen LogP contribution < -0.4 is 92.1 Å². The largest absolute Gasteiger partial charge is 0.480 e. The van der Waals surface area contributed by atoms with E-state index in [4.69, 9.17) is 22.9 Å². The van der Waals surface area contributed by atoms with Crippen molar-refractivity contribution in [3.63, 3.8) is 0 Å². The third-order valence-corrected chi connectivity index (χ3v) is 18.4. The molecule has 0 fully saturated rings. The molecule has 22 N–H and O–H groups in total. The molecule has 13 atom stereocenters. The standard InChI is InChI=1S/C80H151N17O15/c1-45(2)36-59(85-54(19)98)72(103)93-60(37-46(3)4)73(104)86-55(28-20-24-32-81)68(99)90-64(41-50(11)12)77(108)94-61(38-47(5)6)74(105)87-56(29-21-25-33-82)69(100)91-65(42-51(13)14)78(109)95-62(39-48(7)8)75(106)88-57(30-22-26-34-83)70(101)92-66(43-52(15)16)79(110)96-63(40-49(9)10)76(107)89-58(31-23-27-35-84)71(102)97-67(80(111)112)44-53(17)18/h45-53,55-67H,20-44,81-84H2,1-19H3,(H,85,98)(H,86,104)(H,87,105)(H,88,106)(H,89,107)(H,90,99)(H,91,100)(H,92,101)(H,93,103)(H,94,108)(H,95,109)(H,96,110)(H,97,102)(H,111,112)/t55-,56-,57-,58-,59-,60-,61-,62-,63-,64-,65-,66-,67-/m0/s1. The van der Waals surface area contributed by atoms with Crippen molar-refractivity contribution >= 4 is 82.8 Å². The second-order valence-corrected chi connectivity index (χ2v) is 34.1. The summed E-state index contributed by atoms with van der Waals surface area (Å²) < 4.78 is 0. The van der Waals surface area contributed by atoms with Crippen LogP contribution in [-0.2, 0) is 67.1 Å². The van der Waals surface area contributed by atoms with Gasteiger partial charge in [0.05, 0.1) is 0 Å². The van der Waals surface area contributed by atoms with Gasteiger partial charge in [0, 0.05) is 6.92 Å². The number of unbranched alkanes of at least 4 members (excludes halogenated alkanes) is 4. The Kier molecular flexibility index (Phi) is 52.8. The number of nitrogens with one attached hydrogen (secondary N) is 13. The van der Waals surface area contributed by atoms with Gasteiger partial charge < -0.3 is 97.2 Å². The normalized spacial score (nSPS) is 15.2. The lowest BCUT2D eigenvalue weighted by Crippen LogP contribution is -2.61. The Morgan fingerprint density at radius 3 is 0.464 bits per heavy atom. The molecule has 0 aromatic rings. The maximum Gasteiger partial charge on any atom is 0.326 e. The van der Waals surface area contributed by atoms with Gasteiger partial charge in [-0.1, -0.05) is 125 Å². The smallest absolute Gasteiger partial charge is 0.326 e. The van der Waals surface area contributed by atoms with Crippen molar-refractivity contribution in [2.24, 2.45) is 76.2 Å². The predicted octanol–water partition coefficient (Wildman–Crippen LogP) is 3.32. The van der Waals surface area contributed by atoms with Crippen LogP contribution in [0.2, 0.25) is 0 Å². The first kappa shape index (κ1) is 104. The predicted molar refractivity (Wildman–Crippen MR) is 435 cm³/mol. The monoisotopic (exact) mass is 1590 g/mol. The lowest BCUT2D eigenvalue weighted by molar-refractivity contribution is -0.143. The van der Waals surface area contributed by atoms with Crippen molar-refractivity contribution in [1.82, 2.24) is 69.1 Å². The molecule has 0 radical (unpaired) electrons. The molecule has 0 heterocycles. The highest BCUT2D eigenvalue weighted by Gasteiger charge is 2.39. The third-order valence-electron chi connectivity index (χ3n) is 18.4. The van der Waals surface area contributed by atoms with Crippen LogP contribution in [0.3, 0.4) is 0 Å². The molecule has 32 nitrogen and oxygen atoms in total. The summed E-state index contributed by atoms with van der Waals surface area (Å²) in [6.07, 6.45) is 5.00. The first-order valence-electron chi connectivity index (χ1n) is 41.3. The average molecular weight is 1590 g/mol. The molecule has 112 heavy (non-hydrogen) atoms. The molecule has 0 unspecified atom stereocenters. The molecule has 0 saturated carbocycles. The molecule has 0 rings (SSSR count). The number of carbonyl (C=O) groups is 14. The van der Waals surface area contributed by atoms with Crippen molar-refractivity contribution in [3.05, 3.63) is 0 Å². The van der Waals surface area contributed by atoms with Gasteiger partial charge in [-0.3, -0.25) is 62.3 Å². The summed E-state index contributed by atoms with van der Waals surface area (Å²) in [4.78, 5) is 198. The third kappa shape index (κ3) is 45.3. The molecule has 0 aliphatic carbocycles. The number of hydrogen-bond donors (Lipinski definition) is 18. The van der Waals surface area contributed by atoms with Crippen molar-refractivity contribution in [1.29, 1.82) is 0 Å². The molecule has 646 valence electrons. The number of carboxylic acids is 1. The van der Waals surface area contributed by atoms with Crippen LogP contribution in [0.4, 0.5) is 0 Å². The molecule has 0 bridgehead atoms. The highest BCUT2D eigenvalue weighted by Crippen LogP contribution is 2.19. The first-order valence-corrected chi connectivity index (χ1v) is 41.3. The average Bonchev–Trinajstić information content (AvgIpc) is 0.875. The van der Waals surface area contributed by atoms with E-state index in [1.165, 1.54) is 6.92 Å². The zero-order chi connectivity index (χ0) is 85.7. The Hall–Kier alpha value is -7.58. The Labute approximate surface area is 668 Å².